The lowest BCUT2D eigenvalue weighted by Gasteiger charge is -2.37. The Kier molecular flexibility index (Phi) is 8.36. The molecule has 1 aromatic heterocycles. The number of nitrogens with zero attached hydrogens (tertiary/aromatic N) is 2. The second-order valence-corrected chi connectivity index (χ2v) is 9.17. The molecule has 7 heteroatoms. The molecule has 0 aliphatic carbocycles. The van der Waals surface area contributed by atoms with Gasteiger partial charge in [-0.15, -0.1) is 11.3 Å². The molecule has 3 rings (SSSR count). The monoisotopic (exact) mass is 434 g/mol. The summed E-state index contributed by atoms with van der Waals surface area (Å²) in [5, 5.41) is 17.2. The summed E-state index contributed by atoms with van der Waals surface area (Å²) < 4.78 is 0.685. The number of hydrogen-bond donors (Lipinski definition) is 3. The highest BCUT2D eigenvalue weighted by atomic mass is 35.5. The number of rotatable bonds is 7. The molecule has 2 heterocycles. The van der Waals surface area contributed by atoms with Crippen molar-refractivity contribution in [2.75, 3.05) is 26.2 Å². The van der Waals surface area contributed by atoms with E-state index in [1.54, 1.807) is 0 Å². The van der Waals surface area contributed by atoms with Crippen LogP contribution in [0.1, 0.15) is 49.3 Å². The summed E-state index contributed by atoms with van der Waals surface area (Å²) in [6.07, 6.45) is 1.52. The van der Waals surface area contributed by atoms with Crippen molar-refractivity contribution < 1.29 is 5.11 Å². The number of nitrogens with one attached hydrogen (secondary N) is 2. The van der Waals surface area contributed by atoms with E-state index in [0.29, 0.717) is 23.0 Å². The number of halogens is 1. The predicted molar refractivity (Wildman–Crippen MR) is 123 cm³/mol. The first-order valence-corrected chi connectivity index (χ1v) is 11.5. The van der Waals surface area contributed by atoms with Crippen molar-refractivity contribution in [3.63, 3.8) is 0 Å². The van der Waals surface area contributed by atoms with Gasteiger partial charge < -0.3 is 15.7 Å². The van der Waals surface area contributed by atoms with E-state index in [9.17, 15) is 5.11 Å². The van der Waals surface area contributed by atoms with Crippen LogP contribution in [0.25, 0.3) is 0 Å². The Balaban J connectivity index is 1.51. The molecule has 2 aromatic rings. The van der Waals surface area contributed by atoms with E-state index < -0.39 is 6.10 Å². The quantitative estimate of drug-likeness (QED) is 0.451. The Labute approximate surface area is 182 Å². The highest BCUT2D eigenvalue weighted by Gasteiger charge is 2.24. The highest BCUT2D eigenvalue weighted by molar-refractivity contribution is 7.16. The Hall–Kier alpha value is -1.60. The molecule has 0 amide bonds. The summed E-state index contributed by atoms with van der Waals surface area (Å²) in [5.41, 5.74) is 1.37. The van der Waals surface area contributed by atoms with Crippen molar-refractivity contribution in [2.24, 2.45) is 4.99 Å². The number of aliphatic imine (C=N–C) groups is 1. The van der Waals surface area contributed by atoms with Crippen molar-refractivity contribution in [3.05, 3.63) is 57.2 Å². The molecule has 29 heavy (non-hydrogen) atoms. The molecule has 158 valence electrons. The van der Waals surface area contributed by atoms with Gasteiger partial charge in [-0.3, -0.25) is 9.89 Å². The maximum atomic E-state index is 10.3. The van der Waals surface area contributed by atoms with Crippen molar-refractivity contribution in [1.29, 1.82) is 0 Å². The normalized spacial score (nSPS) is 18.4. The maximum absolute atomic E-state index is 10.3. The van der Waals surface area contributed by atoms with Crippen LogP contribution in [-0.4, -0.2) is 48.2 Å². The lowest BCUT2D eigenvalue weighted by Crippen LogP contribution is -2.49. The van der Waals surface area contributed by atoms with Crippen LogP contribution in [0.3, 0.4) is 0 Å². The van der Waals surface area contributed by atoms with E-state index in [0.717, 1.165) is 43.3 Å². The highest BCUT2D eigenvalue weighted by Crippen LogP contribution is 2.27. The van der Waals surface area contributed by atoms with E-state index in [1.165, 1.54) is 16.9 Å². The molecular formula is C22H31ClN4OS. The van der Waals surface area contributed by atoms with Crippen LogP contribution in [-0.2, 0) is 0 Å². The molecule has 1 saturated heterocycles. The second kappa shape index (κ2) is 11.0. The summed E-state index contributed by atoms with van der Waals surface area (Å²) in [5.74, 6) is 0.767. The Morgan fingerprint density at radius 2 is 1.97 bits per heavy atom. The van der Waals surface area contributed by atoms with Crippen molar-refractivity contribution in [2.45, 2.75) is 44.9 Å². The van der Waals surface area contributed by atoms with Gasteiger partial charge in [-0.25, -0.2) is 0 Å². The molecular weight excluding hydrogens is 404 g/mol. The second-order valence-electron chi connectivity index (χ2n) is 7.42. The van der Waals surface area contributed by atoms with Crippen LogP contribution in [0, 0.1) is 0 Å². The molecule has 1 aliphatic heterocycles. The number of benzene rings is 1. The fourth-order valence-corrected chi connectivity index (χ4v) is 4.70. The fraction of sp³-hybridized carbons (Fsp3) is 0.500. The lowest BCUT2D eigenvalue weighted by atomic mass is 10.0. The fourth-order valence-electron chi connectivity index (χ4n) is 3.66. The summed E-state index contributed by atoms with van der Waals surface area (Å²) in [6, 6.07) is 15.2. The average molecular weight is 435 g/mol. The third kappa shape index (κ3) is 6.44. The zero-order valence-electron chi connectivity index (χ0n) is 17.1. The van der Waals surface area contributed by atoms with Crippen LogP contribution in [0.5, 0.6) is 0 Å². The van der Waals surface area contributed by atoms with Crippen LogP contribution in [0.15, 0.2) is 47.5 Å². The molecule has 1 aromatic carbocycles. The van der Waals surface area contributed by atoms with Gasteiger partial charge in [0.1, 0.15) is 6.10 Å². The molecule has 0 spiro atoms. The maximum Gasteiger partial charge on any atom is 0.191 e. The average Bonchev–Trinajstić information content (AvgIpc) is 3.19. The van der Waals surface area contributed by atoms with Crippen LogP contribution in [0.4, 0.5) is 0 Å². The third-order valence-corrected chi connectivity index (χ3v) is 6.72. The zero-order chi connectivity index (χ0) is 20.6. The Bertz CT molecular complexity index is 774. The molecule has 2 unspecified atom stereocenters. The summed E-state index contributed by atoms with van der Waals surface area (Å²) in [4.78, 5) is 7.98. The largest absolute Gasteiger partial charge is 0.386 e. The summed E-state index contributed by atoms with van der Waals surface area (Å²) in [6.45, 7) is 7.56. The first kappa shape index (κ1) is 22.1. The van der Waals surface area contributed by atoms with Gasteiger partial charge in [0, 0.05) is 36.6 Å². The van der Waals surface area contributed by atoms with E-state index in [1.807, 2.05) is 12.1 Å². The van der Waals surface area contributed by atoms with Crippen LogP contribution >= 0.6 is 22.9 Å². The molecule has 0 bridgehead atoms. The number of aliphatic hydroxyl groups is 1. The number of piperidine rings is 1. The first-order chi connectivity index (χ1) is 14.1. The molecule has 3 N–H and O–H groups in total. The smallest absolute Gasteiger partial charge is 0.191 e. The minimum Gasteiger partial charge on any atom is -0.386 e. The van der Waals surface area contributed by atoms with Crippen molar-refractivity contribution in [1.82, 2.24) is 15.5 Å². The van der Waals surface area contributed by atoms with Gasteiger partial charge in [-0.1, -0.05) is 41.9 Å². The molecule has 1 aliphatic rings. The van der Waals surface area contributed by atoms with E-state index >= 15 is 0 Å². The van der Waals surface area contributed by atoms with Gasteiger partial charge in [0.2, 0.25) is 0 Å². The first-order valence-electron chi connectivity index (χ1n) is 10.3. The van der Waals surface area contributed by atoms with E-state index in [-0.39, 0.29) is 0 Å². The third-order valence-electron chi connectivity index (χ3n) is 5.39. The standard InChI is InChI=1S/C22H31ClN4OS/c1-3-24-22(25-15-19(28)20-9-10-21(23)29-20)26-18-11-13-27(14-12-18)16(2)17-7-5-4-6-8-17/h4-10,16,18-19,28H,3,11-15H2,1-2H3,(H2,24,25,26). The molecule has 5 nitrogen and oxygen atoms in total. The molecule has 1 fully saturated rings. The van der Waals surface area contributed by atoms with Gasteiger partial charge in [0.25, 0.3) is 0 Å². The van der Waals surface area contributed by atoms with Crippen molar-refractivity contribution in [3.8, 4) is 0 Å². The lowest BCUT2D eigenvalue weighted by molar-refractivity contribution is 0.158. The SMILES string of the molecule is CCNC(=NCC(O)c1ccc(Cl)s1)NC1CCN(C(C)c2ccccc2)CC1. The van der Waals surface area contributed by atoms with Gasteiger partial charge in [-0.05, 0) is 44.4 Å². The van der Waals surface area contributed by atoms with Gasteiger partial charge in [0.05, 0.1) is 10.9 Å². The Morgan fingerprint density at radius 3 is 2.59 bits per heavy atom. The molecule has 0 saturated carbocycles. The topological polar surface area (TPSA) is 59.9 Å². The minimum absolute atomic E-state index is 0.316. The Morgan fingerprint density at radius 1 is 1.24 bits per heavy atom. The number of hydrogen-bond acceptors (Lipinski definition) is 4. The summed E-state index contributed by atoms with van der Waals surface area (Å²) in [7, 11) is 0. The number of thiophene rings is 1. The van der Waals surface area contributed by atoms with Gasteiger partial charge in [-0.2, -0.15) is 0 Å². The van der Waals surface area contributed by atoms with E-state index in [2.05, 4.69) is 64.7 Å². The van der Waals surface area contributed by atoms with E-state index in [4.69, 9.17) is 11.6 Å². The number of guanidine groups is 1. The summed E-state index contributed by atoms with van der Waals surface area (Å²) >= 11 is 7.36. The minimum atomic E-state index is -0.628. The zero-order valence-corrected chi connectivity index (χ0v) is 18.7. The van der Waals surface area contributed by atoms with Crippen LogP contribution < -0.4 is 10.6 Å². The van der Waals surface area contributed by atoms with Gasteiger partial charge in [0.15, 0.2) is 5.96 Å². The number of aliphatic hydroxyl groups excluding tert-OH is 1. The predicted octanol–water partition coefficient (Wildman–Crippen LogP) is 4.22. The number of likely N-dealkylation sites (tertiary alicyclic amines) is 1. The molecule has 2 atom stereocenters. The van der Waals surface area contributed by atoms with Crippen molar-refractivity contribution >= 4 is 28.9 Å². The van der Waals surface area contributed by atoms with Crippen LogP contribution in [0.2, 0.25) is 4.34 Å². The van der Waals surface area contributed by atoms with Gasteiger partial charge >= 0.3 is 0 Å². The molecule has 0 radical (unpaired) electrons.